The lowest BCUT2D eigenvalue weighted by molar-refractivity contribution is -0.124. The van der Waals surface area contributed by atoms with Crippen LogP contribution in [0.2, 0.25) is 0 Å². The molecule has 0 aliphatic carbocycles. The molecule has 0 bridgehead atoms. The van der Waals surface area contributed by atoms with E-state index in [0.717, 1.165) is 24.1 Å². The zero-order chi connectivity index (χ0) is 15.6. The number of rotatable bonds is 5. The second-order valence-corrected chi connectivity index (χ2v) is 7.37. The van der Waals surface area contributed by atoms with Gasteiger partial charge in [-0.15, -0.1) is 0 Å². The number of imidazole rings is 1. The van der Waals surface area contributed by atoms with Crippen LogP contribution in [0.4, 0.5) is 0 Å². The first kappa shape index (κ1) is 16.0. The van der Waals surface area contributed by atoms with Gasteiger partial charge in [0.15, 0.2) is 0 Å². The summed E-state index contributed by atoms with van der Waals surface area (Å²) in [4.78, 5) is 16.3. The van der Waals surface area contributed by atoms with Crippen LogP contribution >= 0.6 is 0 Å². The van der Waals surface area contributed by atoms with Gasteiger partial charge in [-0.1, -0.05) is 0 Å². The maximum Gasteiger partial charge on any atom is 0.238 e. The lowest BCUT2D eigenvalue weighted by Gasteiger charge is -2.21. The molecule has 8 heteroatoms. The van der Waals surface area contributed by atoms with E-state index < -0.39 is 16.1 Å². The van der Waals surface area contributed by atoms with Gasteiger partial charge in [-0.25, -0.2) is 13.4 Å². The lowest BCUT2D eigenvalue weighted by Crippen LogP contribution is -2.46. The Labute approximate surface area is 125 Å². The number of nitrogens with one attached hydrogen (secondary N) is 1. The van der Waals surface area contributed by atoms with Crippen LogP contribution in [0, 0.1) is 13.8 Å². The summed E-state index contributed by atoms with van der Waals surface area (Å²) in [6.07, 6.45) is 4.21. The molecule has 0 aromatic carbocycles. The molecule has 1 aliphatic heterocycles. The minimum Gasteiger partial charge on any atom is -0.353 e. The second kappa shape index (κ2) is 6.15. The molecule has 21 heavy (non-hydrogen) atoms. The maximum absolute atomic E-state index is 12.1. The fourth-order valence-electron chi connectivity index (χ4n) is 2.59. The van der Waals surface area contributed by atoms with Crippen molar-refractivity contribution in [3.8, 4) is 0 Å². The van der Waals surface area contributed by atoms with E-state index in [1.165, 1.54) is 4.31 Å². The Bertz CT molecular complexity index is 623. The highest BCUT2D eigenvalue weighted by Gasteiger charge is 2.36. The van der Waals surface area contributed by atoms with Crippen LogP contribution in [0.1, 0.15) is 24.2 Å². The molecule has 1 atom stereocenters. The molecule has 1 aromatic rings. The molecular formula is C13H22N4O3S. The van der Waals surface area contributed by atoms with Crippen molar-refractivity contribution in [2.75, 3.05) is 19.3 Å². The zero-order valence-corrected chi connectivity index (χ0v) is 13.5. The normalized spacial score (nSPS) is 19.9. The minimum atomic E-state index is -3.32. The largest absolute Gasteiger partial charge is 0.353 e. The van der Waals surface area contributed by atoms with Crippen molar-refractivity contribution < 1.29 is 13.2 Å². The quantitative estimate of drug-likeness (QED) is 0.832. The molecule has 2 heterocycles. The van der Waals surface area contributed by atoms with Crippen LogP contribution in [-0.2, 0) is 21.4 Å². The summed E-state index contributed by atoms with van der Waals surface area (Å²) in [5, 5.41) is 2.82. The molecule has 0 saturated carbocycles. The number of aromatic nitrogens is 2. The molecule has 0 spiro atoms. The third-order valence-electron chi connectivity index (χ3n) is 3.93. The van der Waals surface area contributed by atoms with Crippen LogP contribution in [0.25, 0.3) is 0 Å². The van der Waals surface area contributed by atoms with Crippen LogP contribution in [-0.4, -0.2) is 53.6 Å². The molecule has 0 unspecified atom stereocenters. The standard InChI is InChI=1S/C13H22N4O3S/c1-10-11(2)16(9-15-10)8-6-14-13(18)12-5-4-7-17(12)21(3,19)20/h9,12H,4-8H2,1-3H3,(H,14,18)/t12-/m0/s1. The Morgan fingerprint density at radius 3 is 2.76 bits per heavy atom. The van der Waals surface area contributed by atoms with Crippen molar-refractivity contribution in [1.29, 1.82) is 0 Å². The SMILES string of the molecule is Cc1ncn(CCNC(=O)[C@@H]2CCCN2S(C)(=O)=O)c1C. The zero-order valence-electron chi connectivity index (χ0n) is 12.7. The number of carbonyl (C=O) groups is 1. The van der Waals surface area contributed by atoms with E-state index in [-0.39, 0.29) is 5.91 Å². The molecule has 1 amide bonds. The van der Waals surface area contributed by atoms with Gasteiger partial charge in [0.05, 0.1) is 18.3 Å². The minimum absolute atomic E-state index is 0.215. The van der Waals surface area contributed by atoms with Crippen molar-refractivity contribution in [1.82, 2.24) is 19.2 Å². The van der Waals surface area contributed by atoms with Crippen molar-refractivity contribution in [3.63, 3.8) is 0 Å². The molecule has 1 aromatic heterocycles. The summed E-state index contributed by atoms with van der Waals surface area (Å²) in [5.74, 6) is -0.215. The Kier molecular flexibility index (Phi) is 4.67. The number of hydrogen-bond donors (Lipinski definition) is 1. The number of nitrogens with zero attached hydrogens (tertiary/aromatic N) is 3. The molecule has 7 nitrogen and oxygen atoms in total. The Morgan fingerprint density at radius 2 is 2.19 bits per heavy atom. The van der Waals surface area contributed by atoms with Crippen LogP contribution < -0.4 is 5.32 Å². The molecule has 1 fully saturated rings. The Morgan fingerprint density at radius 1 is 1.48 bits per heavy atom. The molecule has 0 radical (unpaired) electrons. The number of hydrogen-bond acceptors (Lipinski definition) is 4. The number of sulfonamides is 1. The number of carbonyl (C=O) groups excluding carboxylic acids is 1. The predicted octanol–water partition coefficient (Wildman–Crippen LogP) is 0.0401. The molecule has 2 rings (SSSR count). The first-order chi connectivity index (χ1) is 9.80. The lowest BCUT2D eigenvalue weighted by atomic mass is 10.2. The van der Waals surface area contributed by atoms with Crippen LogP contribution in [0.5, 0.6) is 0 Å². The van der Waals surface area contributed by atoms with E-state index in [1.54, 1.807) is 6.33 Å². The monoisotopic (exact) mass is 314 g/mol. The third-order valence-corrected chi connectivity index (χ3v) is 5.22. The summed E-state index contributed by atoms with van der Waals surface area (Å²) in [5.41, 5.74) is 2.04. The summed E-state index contributed by atoms with van der Waals surface area (Å²) < 4.78 is 26.5. The van der Waals surface area contributed by atoms with E-state index in [2.05, 4.69) is 10.3 Å². The molecule has 118 valence electrons. The second-order valence-electron chi connectivity index (χ2n) is 5.43. The highest BCUT2D eigenvalue weighted by Crippen LogP contribution is 2.20. The van der Waals surface area contributed by atoms with Gasteiger partial charge in [-0.2, -0.15) is 4.31 Å². The van der Waals surface area contributed by atoms with Crippen molar-refractivity contribution in [2.45, 2.75) is 39.3 Å². The van der Waals surface area contributed by atoms with E-state index in [9.17, 15) is 13.2 Å². The first-order valence-electron chi connectivity index (χ1n) is 7.03. The third kappa shape index (κ3) is 3.62. The fourth-order valence-corrected chi connectivity index (χ4v) is 3.71. The smallest absolute Gasteiger partial charge is 0.238 e. The number of amides is 1. The maximum atomic E-state index is 12.1. The molecule has 1 saturated heterocycles. The summed E-state index contributed by atoms with van der Waals surface area (Å²) in [7, 11) is -3.32. The van der Waals surface area contributed by atoms with Gasteiger partial charge >= 0.3 is 0 Å². The van der Waals surface area contributed by atoms with E-state index in [0.29, 0.717) is 26.1 Å². The number of aryl methyl sites for hydroxylation is 1. The average Bonchev–Trinajstić information content (AvgIpc) is 3.00. The van der Waals surface area contributed by atoms with Gasteiger partial charge in [0.2, 0.25) is 15.9 Å². The highest BCUT2D eigenvalue weighted by molar-refractivity contribution is 7.88. The van der Waals surface area contributed by atoms with Crippen LogP contribution in [0.3, 0.4) is 0 Å². The van der Waals surface area contributed by atoms with Gasteiger partial charge in [-0.3, -0.25) is 4.79 Å². The molecular weight excluding hydrogens is 292 g/mol. The Balaban J connectivity index is 1.89. The summed E-state index contributed by atoms with van der Waals surface area (Å²) >= 11 is 0. The first-order valence-corrected chi connectivity index (χ1v) is 8.88. The van der Waals surface area contributed by atoms with Gasteiger partial charge in [0, 0.05) is 25.3 Å². The summed E-state index contributed by atoms with van der Waals surface area (Å²) in [6.45, 7) is 5.43. The van der Waals surface area contributed by atoms with Gasteiger partial charge in [-0.05, 0) is 26.7 Å². The Hall–Kier alpha value is -1.41. The van der Waals surface area contributed by atoms with E-state index in [4.69, 9.17) is 0 Å². The van der Waals surface area contributed by atoms with Crippen molar-refractivity contribution >= 4 is 15.9 Å². The highest BCUT2D eigenvalue weighted by atomic mass is 32.2. The van der Waals surface area contributed by atoms with Crippen molar-refractivity contribution in [3.05, 3.63) is 17.7 Å². The summed E-state index contributed by atoms with van der Waals surface area (Å²) in [6, 6.07) is -0.564. The van der Waals surface area contributed by atoms with Gasteiger partial charge < -0.3 is 9.88 Å². The van der Waals surface area contributed by atoms with Crippen LogP contribution in [0.15, 0.2) is 6.33 Å². The van der Waals surface area contributed by atoms with Gasteiger partial charge in [0.25, 0.3) is 0 Å². The van der Waals surface area contributed by atoms with Gasteiger partial charge in [0.1, 0.15) is 6.04 Å². The topological polar surface area (TPSA) is 84.3 Å². The predicted molar refractivity (Wildman–Crippen MR) is 79.3 cm³/mol. The molecule has 1 N–H and O–H groups in total. The average molecular weight is 314 g/mol. The van der Waals surface area contributed by atoms with E-state index >= 15 is 0 Å². The fraction of sp³-hybridized carbons (Fsp3) is 0.692. The van der Waals surface area contributed by atoms with Crippen molar-refractivity contribution in [2.24, 2.45) is 0 Å². The molecule has 1 aliphatic rings. The van der Waals surface area contributed by atoms with E-state index in [1.807, 2.05) is 18.4 Å².